The van der Waals surface area contributed by atoms with Crippen LogP contribution in [0, 0.1) is 5.92 Å². The van der Waals surface area contributed by atoms with E-state index >= 15 is 0 Å². The van der Waals surface area contributed by atoms with Gasteiger partial charge >= 0.3 is 5.97 Å². The number of nitrogens with one attached hydrogen (secondary N) is 2. The quantitative estimate of drug-likeness (QED) is 0.665. The van der Waals surface area contributed by atoms with Crippen LogP contribution in [-0.4, -0.2) is 50.8 Å². The second-order valence-corrected chi connectivity index (χ2v) is 5.38. The van der Waals surface area contributed by atoms with E-state index in [1.807, 2.05) is 13.8 Å². The van der Waals surface area contributed by atoms with Crippen molar-refractivity contribution in [3.63, 3.8) is 0 Å². The number of ether oxygens (including phenoxy) is 2. The maximum absolute atomic E-state index is 11.8. The van der Waals surface area contributed by atoms with Crippen LogP contribution in [0.3, 0.4) is 0 Å². The molecule has 1 unspecified atom stereocenters. The Balaban J connectivity index is 2.25. The van der Waals surface area contributed by atoms with E-state index in [0.717, 1.165) is 25.9 Å². The Labute approximate surface area is 120 Å². The molecule has 1 amide bonds. The number of piperidine rings is 1. The zero-order valence-corrected chi connectivity index (χ0v) is 12.6. The summed E-state index contributed by atoms with van der Waals surface area (Å²) in [5.41, 5.74) is 0. The summed E-state index contributed by atoms with van der Waals surface area (Å²) in [5, 5.41) is 5.96. The Hall–Kier alpha value is -1.14. The van der Waals surface area contributed by atoms with Gasteiger partial charge in [-0.05, 0) is 31.8 Å². The average molecular weight is 286 g/mol. The van der Waals surface area contributed by atoms with Crippen LogP contribution in [0.4, 0.5) is 0 Å². The molecule has 0 aromatic carbocycles. The first-order valence-corrected chi connectivity index (χ1v) is 7.24. The summed E-state index contributed by atoms with van der Waals surface area (Å²) in [6.45, 7) is 6.06. The molecule has 6 nitrogen and oxygen atoms in total. The summed E-state index contributed by atoms with van der Waals surface area (Å²) in [7, 11) is 1.32. The molecule has 20 heavy (non-hydrogen) atoms. The molecule has 6 heteroatoms. The molecular weight excluding hydrogens is 260 g/mol. The van der Waals surface area contributed by atoms with Crippen LogP contribution in [0.2, 0.25) is 0 Å². The molecule has 1 heterocycles. The number of rotatable bonds is 7. The van der Waals surface area contributed by atoms with Gasteiger partial charge in [0.25, 0.3) is 0 Å². The molecule has 0 saturated carbocycles. The SMILES string of the molecule is COC(=O)C(NC(=O)CCOC1CCNCC1)C(C)C. The van der Waals surface area contributed by atoms with Crippen molar-refractivity contribution in [3.05, 3.63) is 0 Å². The van der Waals surface area contributed by atoms with Crippen LogP contribution in [0.25, 0.3) is 0 Å². The smallest absolute Gasteiger partial charge is 0.328 e. The largest absolute Gasteiger partial charge is 0.467 e. The third-order valence-corrected chi connectivity index (χ3v) is 3.41. The predicted molar refractivity (Wildman–Crippen MR) is 75.2 cm³/mol. The molecule has 116 valence electrons. The molecule has 0 aromatic rings. The second kappa shape index (κ2) is 8.92. The zero-order valence-electron chi connectivity index (χ0n) is 12.6. The van der Waals surface area contributed by atoms with E-state index in [2.05, 4.69) is 15.4 Å². The van der Waals surface area contributed by atoms with Crippen LogP contribution in [0.1, 0.15) is 33.1 Å². The van der Waals surface area contributed by atoms with Crippen LogP contribution in [0.5, 0.6) is 0 Å². The van der Waals surface area contributed by atoms with Gasteiger partial charge < -0.3 is 20.1 Å². The average Bonchev–Trinajstić information content (AvgIpc) is 2.45. The van der Waals surface area contributed by atoms with Crippen LogP contribution in [-0.2, 0) is 19.1 Å². The van der Waals surface area contributed by atoms with Gasteiger partial charge in [-0.15, -0.1) is 0 Å². The fourth-order valence-electron chi connectivity index (χ4n) is 2.15. The molecule has 1 aliphatic heterocycles. The molecule has 0 radical (unpaired) electrons. The molecule has 1 atom stereocenters. The van der Waals surface area contributed by atoms with E-state index in [9.17, 15) is 9.59 Å². The van der Waals surface area contributed by atoms with E-state index < -0.39 is 12.0 Å². The molecule has 1 fully saturated rings. The third-order valence-electron chi connectivity index (χ3n) is 3.41. The van der Waals surface area contributed by atoms with Crippen molar-refractivity contribution in [1.82, 2.24) is 10.6 Å². The number of hydrogen-bond acceptors (Lipinski definition) is 5. The van der Waals surface area contributed by atoms with Crippen molar-refractivity contribution >= 4 is 11.9 Å². The van der Waals surface area contributed by atoms with Gasteiger partial charge in [0.2, 0.25) is 5.91 Å². The molecule has 0 aromatic heterocycles. The molecule has 1 rings (SSSR count). The summed E-state index contributed by atoms with van der Waals surface area (Å²) < 4.78 is 10.3. The predicted octanol–water partition coefficient (Wildman–Crippen LogP) is 0.459. The first-order valence-electron chi connectivity index (χ1n) is 7.24. The number of carbonyl (C=O) groups excluding carboxylic acids is 2. The van der Waals surface area contributed by atoms with Gasteiger partial charge in [-0.3, -0.25) is 4.79 Å². The number of amides is 1. The molecular formula is C14H26N2O4. The molecule has 2 N–H and O–H groups in total. The summed E-state index contributed by atoms with van der Waals surface area (Å²) in [5.74, 6) is -0.590. The van der Waals surface area contributed by atoms with E-state index in [1.165, 1.54) is 7.11 Å². The monoisotopic (exact) mass is 286 g/mol. The van der Waals surface area contributed by atoms with E-state index in [4.69, 9.17) is 4.74 Å². The van der Waals surface area contributed by atoms with Crippen molar-refractivity contribution in [2.24, 2.45) is 5.92 Å². The van der Waals surface area contributed by atoms with Crippen molar-refractivity contribution < 1.29 is 19.1 Å². The van der Waals surface area contributed by atoms with Crippen LogP contribution >= 0.6 is 0 Å². The topological polar surface area (TPSA) is 76.7 Å². The maximum atomic E-state index is 11.8. The fraction of sp³-hybridized carbons (Fsp3) is 0.857. The second-order valence-electron chi connectivity index (χ2n) is 5.38. The Morgan fingerprint density at radius 1 is 1.30 bits per heavy atom. The van der Waals surface area contributed by atoms with Crippen molar-refractivity contribution in [2.75, 3.05) is 26.8 Å². The lowest BCUT2D eigenvalue weighted by Gasteiger charge is -2.23. The fourth-order valence-corrected chi connectivity index (χ4v) is 2.15. The van der Waals surface area contributed by atoms with Crippen molar-refractivity contribution in [2.45, 2.75) is 45.3 Å². The lowest BCUT2D eigenvalue weighted by molar-refractivity contribution is -0.146. The van der Waals surface area contributed by atoms with Gasteiger partial charge in [-0.25, -0.2) is 4.79 Å². The highest BCUT2D eigenvalue weighted by Crippen LogP contribution is 2.08. The molecule has 1 aliphatic rings. The maximum Gasteiger partial charge on any atom is 0.328 e. The molecule has 0 spiro atoms. The van der Waals surface area contributed by atoms with Gasteiger partial charge in [-0.2, -0.15) is 0 Å². The Morgan fingerprint density at radius 2 is 1.95 bits per heavy atom. The van der Waals surface area contributed by atoms with E-state index in [1.54, 1.807) is 0 Å². The van der Waals surface area contributed by atoms with Gasteiger partial charge in [0.05, 0.1) is 19.8 Å². The van der Waals surface area contributed by atoms with Gasteiger partial charge in [0.1, 0.15) is 6.04 Å². The van der Waals surface area contributed by atoms with Crippen molar-refractivity contribution in [3.8, 4) is 0 Å². The summed E-state index contributed by atoms with van der Waals surface area (Å²) >= 11 is 0. The number of esters is 1. The zero-order chi connectivity index (χ0) is 15.0. The number of methoxy groups -OCH3 is 1. The summed E-state index contributed by atoms with van der Waals surface area (Å²) in [4.78, 5) is 23.3. The standard InChI is InChI=1S/C14H26N2O4/c1-10(2)13(14(18)19-3)16-12(17)6-9-20-11-4-7-15-8-5-11/h10-11,13,15H,4-9H2,1-3H3,(H,16,17). The molecule has 0 aliphatic carbocycles. The highest BCUT2D eigenvalue weighted by atomic mass is 16.5. The van der Waals surface area contributed by atoms with E-state index in [0.29, 0.717) is 6.61 Å². The first-order chi connectivity index (χ1) is 9.54. The lowest BCUT2D eigenvalue weighted by Crippen LogP contribution is -2.45. The third kappa shape index (κ3) is 5.88. The minimum atomic E-state index is -0.591. The normalized spacial score (nSPS) is 17.8. The number of carbonyl (C=O) groups is 2. The van der Waals surface area contributed by atoms with Gasteiger partial charge in [0, 0.05) is 6.42 Å². The minimum Gasteiger partial charge on any atom is -0.467 e. The molecule has 0 bridgehead atoms. The minimum absolute atomic E-state index is 0.00302. The Bertz CT molecular complexity index is 314. The summed E-state index contributed by atoms with van der Waals surface area (Å²) in [6.07, 6.45) is 2.48. The Kier molecular flexibility index (Phi) is 7.54. The van der Waals surface area contributed by atoms with Crippen LogP contribution < -0.4 is 10.6 Å². The first kappa shape index (κ1) is 16.9. The van der Waals surface area contributed by atoms with Gasteiger partial charge in [0.15, 0.2) is 0 Å². The van der Waals surface area contributed by atoms with Gasteiger partial charge in [-0.1, -0.05) is 13.8 Å². The number of hydrogen-bond donors (Lipinski definition) is 2. The van der Waals surface area contributed by atoms with Crippen molar-refractivity contribution in [1.29, 1.82) is 0 Å². The molecule has 1 saturated heterocycles. The lowest BCUT2D eigenvalue weighted by atomic mass is 10.0. The highest BCUT2D eigenvalue weighted by molar-refractivity contribution is 5.84. The highest BCUT2D eigenvalue weighted by Gasteiger charge is 2.24. The van der Waals surface area contributed by atoms with Crippen LogP contribution in [0.15, 0.2) is 0 Å². The summed E-state index contributed by atoms with van der Waals surface area (Å²) in [6, 6.07) is -0.591. The van der Waals surface area contributed by atoms with E-state index in [-0.39, 0.29) is 24.3 Å². The Morgan fingerprint density at radius 3 is 2.50 bits per heavy atom.